The van der Waals surface area contributed by atoms with Crippen molar-refractivity contribution in [2.45, 2.75) is 63.4 Å². The first-order valence-electron chi connectivity index (χ1n) is 13.0. The summed E-state index contributed by atoms with van der Waals surface area (Å²) in [6.07, 6.45) is 2.82. The normalized spacial score (nSPS) is 18.1. The number of hydrogen-bond donors (Lipinski definition) is 3. The molecule has 202 valence electrons. The molecule has 9 nitrogen and oxygen atoms in total. The summed E-state index contributed by atoms with van der Waals surface area (Å²) in [5.41, 5.74) is 2.18. The molecule has 0 spiro atoms. The molecule has 0 radical (unpaired) electrons. The molecule has 1 atom stereocenters. The predicted octanol–water partition coefficient (Wildman–Crippen LogP) is 5.17. The van der Waals surface area contributed by atoms with Crippen LogP contribution in [0, 0.1) is 0 Å². The fourth-order valence-electron chi connectivity index (χ4n) is 5.15. The SMILES string of the molecule is CC(C)(C)[Si](C)(C)OCC1(n2cc(C(O)c3ccc4c5c(cccc35)C(=O)N4)cn2)CCN(C(=O)O)CC1. The molecule has 10 heteroatoms. The third-order valence-corrected chi connectivity index (χ3v) is 13.2. The van der Waals surface area contributed by atoms with Gasteiger partial charge >= 0.3 is 6.09 Å². The van der Waals surface area contributed by atoms with Crippen molar-refractivity contribution in [1.82, 2.24) is 14.7 Å². The molecular formula is C28H36N4O5Si. The average Bonchev–Trinajstić information content (AvgIpc) is 3.49. The molecule has 2 amide bonds. The number of rotatable bonds is 6. The van der Waals surface area contributed by atoms with Crippen LogP contribution in [0.2, 0.25) is 18.1 Å². The number of carbonyl (C=O) groups is 2. The Morgan fingerprint density at radius 1 is 1.21 bits per heavy atom. The van der Waals surface area contributed by atoms with Crippen molar-refractivity contribution in [2.24, 2.45) is 0 Å². The monoisotopic (exact) mass is 536 g/mol. The van der Waals surface area contributed by atoms with E-state index >= 15 is 0 Å². The van der Waals surface area contributed by atoms with Gasteiger partial charge in [-0.15, -0.1) is 0 Å². The Kier molecular flexibility index (Phi) is 6.40. The van der Waals surface area contributed by atoms with Gasteiger partial charge in [-0.05, 0) is 54.1 Å². The van der Waals surface area contributed by atoms with Crippen molar-refractivity contribution in [3.8, 4) is 0 Å². The summed E-state index contributed by atoms with van der Waals surface area (Å²) >= 11 is 0. The molecule has 0 aliphatic carbocycles. The van der Waals surface area contributed by atoms with E-state index in [1.54, 1.807) is 12.3 Å². The van der Waals surface area contributed by atoms with E-state index in [1.165, 1.54) is 4.90 Å². The lowest BCUT2D eigenvalue weighted by molar-refractivity contribution is 0.0474. The van der Waals surface area contributed by atoms with Gasteiger partial charge in [0.05, 0.1) is 18.3 Å². The molecule has 1 saturated heterocycles. The Hall–Kier alpha value is -3.21. The summed E-state index contributed by atoms with van der Waals surface area (Å²) in [4.78, 5) is 25.4. The van der Waals surface area contributed by atoms with Gasteiger partial charge in [0.25, 0.3) is 5.91 Å². The number of aliphatic hydroxyl groups excluding tert-OH is 1. The van der Waals surface area contributed by atoms with Crippen LogP contribution in [0.5, 0.6) is 0 Å². The minimum Gasteiger partial charge on any atom is -0.465 e. The number of carbonyl (C=O) groups excluding carboxylic acids is 1. The molecule has 2 aliphatic rings. The fraction of sp³-hybridized carbons (Fsp3) is 0.464. The van der Waals surface area contributed by atoms with E-state index in [2.05, 4.69) is 39.2 Å². The van der Waals surface area contributed by atoms with E-state index < -0.39 is 26.1 Å². The van der Waals surface area contributed by atoms with E-state index in [0.717, 1.165) is 16.5 Å². The zero-order chi connectivity index (χ0) is 27.5. The molecule has 2 aromatic carbocycles. The van der Waals surface area contributed by atoms with Gasteiger partial charge in [-0.1, -0.05) is 39.0 Å². The van der Waals surface area contributed by atoms with Crippen LogP contribution in [-0.2, 0) is 9.96 Å². The summed E-state index contributed by atoms with van der Waals surface area (Å²) in [6, 6.07) is 9.21. The summed E-state index contributed by atoms with van der Waals surface area (Å²) in [6.45, 7) is 12.2. The first kappa shape index (κ1) is 26.4. The Balaban J connectivity index is 1.47. The van der Waals surface area contributed by atoms with Crippen molar-refractivity contribution in [2.75, 3.05) is 25.0 Å². The number of aliphatic hydroxyl groups is 1. The highest BCUT2D eigenvalue weighted by Crippen LogP contribution is 2.41. The molecule has 1 unspecified atom stereocenters. The Bertz CT molecular complexity index is 1400. The number of hydrogen-bond acceptors (Lipinski definition) is 5. The van der Waals surface area contributed by atoms with Crippen LogP contribution in [0.3, 0.4) is 0 Å². The zero-order valence-electron chi connectivity index (χ0n) is 22.6. The van der Waals surface area contributed by atoms with Crippen molar-refractivity contribution >= 4 is 36.8 Å². The van der Waals surface area contributed by atoms with E-state index in [0.29, 0.717) is 49.2 Å². The van der Waals surface area contributed by atoms with E-state index in [9.17, 15) is 19.8 Å². The first-order valence-corrected chi connectivity index (χ1v) is 16.0. The van der Waals surface area contributed by atoms with Crippen LogP contribution in [-0.4, -0.2) is 64.9 Å². The predicted molar refractivity (Wildman–Crippen MR) is 148 cm³/mol. The van der Waals surface area contributed by atoms with Crippen molar-refractivity contribution < 1.29 is 24.2 Å². The van der Waals surface area contributed by atoms with Crippen molar-refractivity contribution in [3.05, 3.63) is 59.4 Å². The molecule has 5 rings (SSSR count). The van der Waals surface area contributed by atoms with Crippen LogP contribution in [0.15, 0.2) is 42.7 Å². The maximum atomic E-state index is 12.3. The Morgan fingerprint density at radius 2 is 1.92 bits per heavy atom. The highest BCUT2D eigenvalue weighted by molar-refractivity contribution is 6.74. The van der Waals surface area contributed by atoms with Gasteiger partial charge in [0.2, 0.25) is 0 Å². The first-order chi connectivity index (χ1) is 17.8. The summed E-state index contributed by atoms with van der Waals surface area (Å²) in [7, 11) is -2.07. The highest BCUT2D eigenvalue weighted by atomic mass is 28.4. The smallest absolute Gasteiger partial charge is 0.407 e. The van der Waals surface area contributed by atoms with Crippen molar-refractivity contribution in [3.63, 3.8) is 0 Å². The van der Waals surface area contributed by atoms with Crippen LogP contribution < -0.4 is 5.32 Å². The van der Waals surface area contributed by atoms with Gasteiger partial charge in [0.1, 0.15) is 6.10 Å². The van der Waals surface area contributed by atoms with Crippen LogP contribution in [0.1, 0.15) is 61.2 Å². The minimum atomic E-state index is -2.07. The number of benzene rings is 2. The van der Waals surface area contributed by atoms with Crippen LogP contribution in [0.25, 0.3) is 10.8 Å². The molecule has 0 bridgehead atoms. The Labute approximate surface area is 223 Å². The quantitative estimate of drug-likeness (QED) is 0.374. The molecule has 38 heavy (non-hydrogen) atoms. The lowest BCUT2D eigenvalue weighted by Gasteiger charge is -2.44. The van der Waals surface area contributed by atoms with Crippen LogP contribution in [0.4, 0.5) is 10.5 Å². The van der Waals surface area contributed by atoms with E-state index in [-0.39, 0.29) is 10.9 Å². The third kappa shape index (κ3) is 4.40. The van der Waals surface area contributed by atoms with E-state index in [4.69, 9.17) is 9.52 Å². The molecule has 2 aliphatic heterocycles. The number of nitrogens with zero attached hydrogens (tertiary/aromatic N) is 3. The van der Waals surface area contributed by atoms with Gasteiger partial charge in [0.15, 0.2) is 8.32 Å². The maximum Gasteiger partial charge on any atom is 0.407 e. The number of amides is 2. The van der Waals surface area contributed by atoms with E-state index in [1.807, 2.05) is 35.1 Å². The highest BCUT2D eigenvalue weighted by Gasteiger charge is 2.44. The topological polar surface area (TPSA) is 117 Å². The third-order valence-electron chi connectivity index (χ3n) is 8.74. The second-order valence-electron chi connectivity index (χ2n) is 12.0. The standard InChI is InChI=1S/C28H36N4O5Si/c1-27(2,3)38(4,5)37-17-28(11-13-31(14-12-28)26(35)36)32-16-18(15-29-32)24(33)20-9-10-22-23-19(20)7-6-8-21(23)25(34)30-22/h6-10,15-16,24,33H,11-14,17H2,1-5H3,(H,30,34)(H,35,36). The fourth-order valence-corrected chi connectivity index (χ4v) is 6.22. The van der Waals surface area contributed by atoms with Gasteiger partial charge < -0.3 is 24.9 Å². The second kappa shape index (κ2) is 9.21. The second-order valence-corrected chi connectivity index (χ2v) is 16.9. The van der Waals surface area contributed by atoms with Gasteiger partial charge in [-0.3, -0.25) is 9.48 Å². The summed E-state index contributed by atoms with van der Waals surface area (Å²) in [5.74, 6) is -0.138. The molecule has 1 aromatic heterocycles. The molecule has 3 aromatic rings. The molecule has 0 saturated carbocycles. The Morgan fingerprint density at radius 3 is 2.58 bits per heavy atom. The molecule has 3 N–H and O–H groups in total. The summed E-state index contributed by atoms with van der Waals surface area (Å²) < 4.78 is 8.53. The molecule has 1 fully saturated rings. The number of anilines is 1. The van der Waals surface area contributed by atoms with Gasteiger partial charge in [-0.2, -0.15) is 5.10 Å². The number of carboxylic acid groups (broad SMARTS) is 1. The van der Waals surface area contributed by atoms with Gasteiger partial charge in [0, 0.05) is 41.5 Å². The molecule has 3 heterocycles. The largest absolute Gasteiger partial charge is 0.465 e. The lowest BCUT2D eigenvalue weighted by atomic mass is 9.88. The lowest BCUT2D eigenvalue weighted by Crippen LogP contribution is -2.53. The average molecular weight is 537 g/mol. The number of piperidine rings is 1. The van der Waals surface area contributed by atoms with Crippen LogP contribution >= 0.6 is 0 Å². The zero-order valence-corrected chi connectivity index (χ0v) is 23.6. The van der Waals surface area contributed by atoms with Crippen molar-refractivity contribution in [1.29, 1.82) is 0 Å². The van der Waals surface area contributed by atoms with Gasteiger partial charge in [-0.25, -0.2) is 4.79 Å². The number of aromatic nitrogens is 2. The minimum absolute atomic E-state index is 0.0352. The summed E-state index contributed by atoms with van der Waals surface area (Å²) in [5, 5.41) is 30.2. The number of nitrogens with one attached hydrogen (secondary N) is 1. The number of likely N-dealkylation sites (tertiary alicyclic amines) is 1. The molecular weight excluding hydrogens is 500 g/mol. The maximum absolute atomic E-state index is 12.3.